The minimum absolute atomic E-state index is 0.125. The van der Waals surface area contributed by atoms with Crippen LogP contribution >= 0.6 is 11.3 Å². The van der Waals surface area contributed by atoms with Gasteiger partial charge < -0.3 is 43.8 Å². The maximum atomic E-state index is 13.9. The van der Waals surface area contributed by atoms with Crippen LogP contribution in [0.25, 0.3) is 64.9 Å². The average molecular weight is 1800 g/mol. The molecule has 126 heavy (non-hydrogen) atoms. The Morgan fingerprint density at radius 3 is 1.17 bits per heavy atom. The Kier molecular flexibility index (Phi) is 25.1. The van der Waals surface area contributed by atoms with Gasteiger partial charge in [-0.1, -0.05) is 125 Å². The van der Waals surface area contributed by atoms with Crippen LogP contribution < -0.4 is 28.5 Å². The molecule has 0 radical (unpaired) electrons. The number of rotatable bonds is 16. The normalized spacial score (nSPS) is 22.3. The second kappa shape index (κ2) is 36.2. The van der Waals surface area contributed by atoms with Crippen molar-refractivity contribution in [3.8, 4) is 11.5 Å². The van der Waals surface area contributed by atoms with Crippen molar-refractivity contribution in [3.05, 3.63) is 283 Å². The first-order valence-electron chi connectivity index (χ1n) is 42.2. The SMILES string of the molecule is Cc1ccc(S(=O)(=O)N[C@@H]2CCC[C@H](N3c4ccc(F)cc4Oc4cc(F)ccc43)[C@H]2O)cc1.Cc1ccc(S(=O)(=O)N[C@H]2CCCC(n3c4ccccc4c4ccncc43)[C@@H]2O)cc1.Cc1ccc(S(=O)(=O)N[C@H]2CCCC(n3c4ccccc4c4cncnc43)[C@@H]2O)cc1.Cc1ccc(S(=O)(=O)N[C@H]2CCCC(n3c4ccccc4c4sccc43)[C@@H]2O)cc1. The molecule has 6 aromatic heterocycles. The molecule has 4 aliphatic carbocycles. The highest BCUT2D eigenvalue weighted by molar-refractivity contribution is 7.90. The third-order valence-corrected chi connectivity index (χ3v) is 31.9. The number of hydrogen-bond donors (Lipinski definition) is 8. The summed E-state index contributed by atoms with van der Waals surface area (Å²) in [5, 5.41) is 52.6. The van der Waals surface area contributed by atoms with Crippen LogP contribution in [0.2, 0.25) is 0 Å². The number of aliphatic hydroxyl groups excluding tert-OH is 4. The summed E-state index contributed by atoms with van der Waals surface area (Å²) in [6.07, 6.45) is 11.5. The van der Waals surface area contributed by atoms with E-state index in [1.807, 2.05) is 99.1 Å². The number of pyridine rings is 1. The van der Waals surface area contributed by atoms with Crippen LogP contribution in [-0.2, 0) is 40.1 Å². The topological polar surface area (TPSA) is 332 Å². The molecule has 3 unspecified atom stereocenters. The number of halogens is 2. The summed E-state index contributed by atoms with van der Waals surface area (Å²) >= 11 is 1.70. The highest BCUT2D eigenvalue weighted by Crippen LogP contribution is 2.51. The summed E-state index contributed by atoms with van der Waals surface area (Å²) in [5.41, 5.74) is 10.9. The van der Waals surface area contributed by atoms with Crippen LogP contribution in [0.1, 0.15) is 117 Å². The van der Waals surface area contributed by atoms with Gasteiger partial charge in [0.25, 0.3) is 0 Å². The largest absolute Gasteiger partial charge is 0.453 e. The van der Waals surface area contributed by atoms with Crippen LogP contribution in [0.15, 0.2) is 268 Å². The summed E-state index contributed by atoms with van der Waals surface area (Å²) in [6, 6.07) is 59.5. The molecular formula is C95H97F2N11O13S5. The molecule has 5 aliphatic rings. The molecule has 7 heterocycles. The van der Waals surface area contributed by atoms with Crippen molar-refractivity contribution in [3.63, 3.8) is 0 Å². The number of nitrogens with one attached hydrogen (secondary N) is 4. The maximum Gasteiger partial charge on any atom is 0.240 e. The Balaban J connectivity index is 0.000000119. The van der Waals surface area contributed by atoms with Crippen molar-refractivity contribution in [2.45, 2.75) is 197 Å². The third-order valence-electron chi connectivity index (χ3n) is 24.9. The van der Waals surface area contributed by atoms with Gasteiger partial charge in [-0.25, -0.2) is 71.3 Å². The first-order chi connectivity index (χ1) is 60.6. The fraction of sp³-hybridized carbons (Fsp3) is 0.295. The minimum Gasteiger partial charge on any atom is -0.453 e. The lowest BCUT2D eigenvalue weighted by atomic mass is 9.86. The second-order valence-corrected chi connectivity index (χ2v) is 41.0. The number of aromatic nitrogens is 6. The number of para-hydroxylation sites is 3. The lowest BCUT2D eigenvalue weighted by Gasteiger charge is -2.44. The van der Waals surface area contributed by atoms with E-state index in [0.29, 0.717) is 49.9 Å². The minimum atomic E-state index is -3.85. The molecule has 0 saturated heterocycles. The molecule has 0 amide bonds. The van der Waals surface area contributed by atoms with Gasteiger partial charge in [0, 0.05) is 57.0 Å². The standard InChI is InChI=1S/C25H24F2N2O4S.C24H25N3O3S.C23H24N4O3S.C23H24N2O3S2/c1-15-5-9-18(10-6-15)34(31,32)28-19-3-2-4-22(25(19)30)29-20-11-7-16(26)13-23(20)33-24-14-17(27)8-12-21(24)29;1-16-9-11-17(12-10-16)31(29,30)26-20-6-4-8-22(24(20)28)27-21-7-3-2-5-18(21)19-13-14-25-15-23(19)27;1-15-9-11-16(12-10-15)31(29,30)26-19-6-4-8-21(22(19)28)27-20-7-3-2-5-17(20)18-13-24-14-25-23(18)27;1-15-9-11-16(12-10-15)30(27,28)24-18-6-4-8-20(22(18)26)25-19-7-3-2-5-17(19)23-21(25)13-14-29-23/h5-14,19,22,25,28,30H,2-4H2,1H3;2-3,5,7,9-15,20,22,24,26,28H,4,6,8H2,1H3;2-3,5,7,9-14,19,21-22,26,28H,4,6,8H2,1H3;2-3,5,7,9-14,18,20,22,24,26H,4,6,8H2,1H3/t19-,22+,25+;20-,22?,24+;19-,21?,22+;18-,20?,22+/m1000/s1. The van der Waals surface area contributed by atoms with Crippen molar-refractivity contribution in [1.82, 2.24) is 47.5 Å². The van der Waals surface area contributed by atoms with E-state index in [1.54, 1.807) is 126 Å². The Labute approximate surface area is 733 Å². The van der Waals surface area contributed by atoms with Crippen molar-refractivity contribution >= 4 is 128 Å². The van der Waals surface area contributed by atoms with Gasteiger partial charge in [0.1, 0.15) is 23.6 Å². The molecule has 8 N–H and O–H groups in total. The lowest BCUT2D eigenvalue weighted by molar-refractivity contribution is 0.0544. The molecule has 654 valence electrons. The Morgan fingerprint density at radius 2 is 0.730 bits per heavy atom. The van der Waals surface area contributed by atoms with E-state index >= 15 is 0 Å². The summed E-state index contributed by atoms with van der Waals surface area (Å²) < 4.78 is 156. The smallest absolute Gasteiger partial charge is 0.240 e. The van der Waals surface area contributed by atoms with Crippen molar-refractivity contribution < 1.29 is 67.6 Å². The lowest BCUT2D eigenvalue weighted by Crippen LogP contribution is -2.56. The van der Waals surface area contributed by atoms with Crippen LogP contribution in [0.5, 0.6) is 11.5 Å². The first kappa shape index (κ1) is 87.3. The van der Waals surface area contributed by atoms with E-state index in [1.165, 1.54) is 52.8 Å². The van der Waals surface area contributed by atoms with E-state index in [9.17, 15) is 62.9 Å². The van der Waals surface area contributed by atoms with Crippen LogP contribution in [0, 0.1) is 39.3 Å². The quantitative estimate of drug-likeness (QED) is 0.0445. The molecule has 0 bridgehead atoms. The third kappa shape index (κ3) is 17.7. The number of aryl methyl sites for hydroxylation is 4. The summed E-state index contributed by atoms with van der Waals surface area (Å²) in [4.78, 5) is 15.5. The van der Waals surface area contributed by atoms with E-state index in [2.05, 4.69) is 72.6 Å². The number of hydrogen-bond acceptors (Lipinski definition) is 18. The monoisotopic (exact) mass is 1800 g/mol. The molecule has 1 aliphatic heterocycles. The van der Waals surface area contributed by atoms with Crippen LogP contribution in [0.3, 0.4) is 0 Å². The molecule has 0 spiro atoms. The van der Waals surface area contributed by atoms with Gasteiger partial charge in [-0.3, -0.25) is 4.98 Å². The first-order valence-corrected chi connectivity index (χ1v) is 49.0. The number of sulfonamides is 4. The van der Waals surface area contributed by atoms with Crippen molar-refractivity contribution in [2.24, 2.45) is 0 Å². The number of ether oxygens (including phenoxy) is 1. The van der Waals surface area contributed by atoms with E-state index in [0.717, 1.165) is 116 Å². The second-order valence-electron chi connectivity index (χ2n) is 33.3. The fourth-order valence-corrected chi connectivity index (χ4v) is 24.7. The predicted octanol–water partition coefficient (Wildman–Crippen LogP) is 16.6. The van der Waals surface area contributed by atoms with E-state index < -0.39 is 106 Å². The number of thiophene rings is 1. The molecule has 4 saturated carbocycles. The fourth-order valence-electron chi connectivity index (χ4n) is 18.7. The summed E-state index contributed by atoms with van der Waals surface area (Å²) in [7, 11) is -15.0. The number of nitrogens with zero attached hydrogens (tertiary/aromatic N) is 7. The highest BCUT2D eigenvalue weighted by atomic mass is 32.2. The van der Waals surface area contributed by atoms with Gasteiger partial charge in [-0.2, -0.15) is 0 Å². The van der Waals surface area contributed by atoms with Gasteiger partial charge in [0.05, 0.1) is 137 Å². The zero-order valence-corrected chi connectivity index (χ0v) is 73.6. The van der Waals surface area contributed by atoms with Crippen molar-refractivity contribution in [2.75, 3.05) is 4.90 Å². The number of benzene rings is 9. The highest BCUT2D eigenvalue weighted by Gasteiger charge is 2.44. The van der Waals surface area contributed by atoms with Gasteiger partial charge >= 0.3 is 0 Å². The maximum absolute atomic E-state index is 13.9. The molecule has 31 heteroatoms. The zero-order chi connectivity index (χ0) is 88.1. The molecule has 15 aromatic rings. The van der Waals surface area contributed by atoms with Crippen LogP contribution in [-0.4, -0.2) is 137 Å². The average Bonchev–Trinajstić information content (AvgIpc) is 1.68. The summed E-state index contributed by atoms with van der Waals surface area (Å²) in [6.45, 7) is 7.62. The van der Waals surface area contributed by atoms with E-state index in [-0.39, 0.29) is 49.2 Å². The zero-order valence-electron chi connectivity index (χ0n) is 69.5. The molecular weight excluding hydrogens is 1700 g/mol. The van der Waals surface area contributed by atoms with Crippen molar-refractivity contribution in [1.29, 1.82) is 0 Å². The van der Waals surface area contributed by atoms with Crippen LogP contribution in [0.4, 0.5) is 20.2 Å². The summed E-state index contributed by atoms with van der Waals surface area (Å²) in [5.74, 6) is -0.613. The number of anilines is 2. The Hall–Kier alpha value is -10.8. The van der Waals surface area contributed by atoms with Gasteiger partial charge in [0.15, 0.2) is 11.5 Å². The Bertz CT molecular complexity index is 6640. The molecule has 12 atom stereocenters. The molecule has 4 fully saturated rings. The van der Waals surface area contributed by atoms with Gasteiger partial charge in [0.2, 0.25) is 40.1 Å². The number of fused-ring (bicyclic) bond motifs is 11. The molecule has 9 aromatic carbocycles. The number of aliphatic hydroxyl groups is 4. The van der Waals surface area contributed by atoms with Gasteiger partial charge in [-0.05, 0) is 213 Å². The molecule has 20 rings (SSSR count). The predicted molar refractivity (Wildman–Crippen MR) is 486 cm³/mol. The van der Waals surface area contributed by atoms with E-state index in [4.69, 9.17) is 4.74 Å². The molecule has 24 nitrogen and oxygen atoms in total. The van der Waals surface area contributed by atoms with Gasteiger partial charge in [-0.15, -0.1) is 11.3 Å². The Morgan fingerprint density at radius 1 is 0.373 bits per heavy atom.